The Hall–Kier alpha value is -1.16. The first-order valence-corrected chi connectivity index (χ1v) is 3.50. The van der Waals surface area contributed by atoms with Crippen molar-refractivity contribution in [1.29, 1.82) is 0 Å². The van der Waals surface area contributed by atoms with Crippen molar-refractivity contribution in [1.82, 2.24) is 10.2 Å². The largest absolute Gasteiger partial charge is 0.472 e. The average molecular weight is 151 g/mol. The average Bonchev–Trinajstić information content (AvgIpc) is 2.59. The lowest BCUT2D eigenvalue weighted by atomic mass is 10.4. The van der Waals surface area contributed by atoms with Crippen molar-refractivity contribution in [3.05, 3.63) is 24.1 Å². The molecule has 0 bridgehead atoms. The third-order valence-corrected chi connectivity index (χ3v) is 1.78. The van der Waals surface area contributed by atoms with Crippen LogP contribution in [0.4, 0.5) is 0 Å². The highest BCUT2D eigenvalue weighted by Gasteiger charge is 2.00. The zero-order chi connectivity index (χ0) is 6.81. The molecule has 0 fully saturated rings. The molecule has 0 atom stereocenters. The number of furan rings is 1. The standard InChI is InChI=1S/C6H3N2OS/c1-2-9-3-5(1)6-8-7-4-10-6/h1-3H. The van der Waals surface area contributed by atoms with E-state index in [1.807, 2.05) is 6.07 Å². The van der Waals surface area contributed by atoms with E-state index in [-0.39, 0.29) is 0 Å². The highest BCUT2D eigenvalue weighted by molar-refractivity contribution is 7.12. The Morgan fingerprint density at radius 3 is 3.20 bits per heavy atom. The molecule has 4 heteroatoms. The van der Waals surface area contributed by atoms with Gasteiger partial charge in [-0.15, -0.1) is 10.2 Å². The summed E-state index contributed by atoms with van der Waals surface area (Å²) in [6.07, 6.45) is 3.24. The Morgan fingerprint density at radius 2 is 2.60 bits per heavy atom. The van der Waals surface area contributed by atoms with Gasteiger partial charge in [-0.05, 0) is 6.07 Å². The van der Waals surface area contributed by atoms with E-state index in [0.29, 0.717) is 0 Å². The van der Waals surface area contributed by atoms with Crippen molar-refractivity contribution in [3.8, 4) is 10.6 Å². The molecule has 10 heavy (non-hydrogen) atoms. The highest BCUT2D eigenvalue weighted by atomic mass is 32.1. The van der Waals surface area contributed by atoms with E-state index in [9.17, 15) is 0 Å². The molecule has 1 radical (unpaired) electrons. The fraction of sp³-hybridized carbons (Fsp3) is 0. The molecule has 0 spiro atoms. The molecule has 0 aliphatic rings. The Bertz CT molecular complexity index is 255. The summed E-state index contributed by atoms with van der Waals surface area (Å²) >= 11 is 1.37. The van der Waals surface area contributed by atoms with Gasteiger partial charge in [-0.1, -0.05) is 11.3 Å². The highest BCUT2D eigenvalue weighted by Crippen LogP contribution is 2.19. The van der Waals surface area contributed by atoms with Gasteiger partial charge in [-0.25, -0.2) is 0 Å². The zero-order valence-electron chi connectivity index (χ0n) is 4.94. The molecule has 49 valence electrons. The molecule has 0 aliphatic carbocycles. The lowest BCUT2D eigenvalue weighted by Crippen LogP contribution is -1.69. The first-order valence-electron chi connectivity index (χ1n) is 2.69. The molecule has 2 rings (SSSR count). The Kier molecular flexibility index (Phi) is 1.25. The molecule has 0 amide bonds. The number of hydrogen-bond acceptors (Lipinski definition) is 4. The van der Waals surface area contributed by atoms with Crippen LogP contribution in [0.15, 0.2) is 23.0 Å². The Labute approximate surface area is 61.3 Å². The van der Waals surface area contributed by atoms with Crippen LogP contribution < -0.4 is 0 Å². The molecular weight excluding hydrogens is 148 g/mol. The molecule has 2 aromatic rings. The maximum absolute atomic E-state index is 4.86. The molecular formula is C6H3N2OS. The second-order valence-corrected chi connectivity index (χ2v) is 2.48. The summed E-state index contributed by atoms with van der Waals surface area (Å²) in [4.78, 5) is 0. The molecule has 0 aromatic carbocycles. The van der Waals surface area contributed by atoms with Gasteiger partial charge in [0, 0.05) is 0 Å². The van der Waals surface area contributed by atoms with Crippen LogP contribution in [0, 0.1) is 5.51 Å². The molecule has 0 unspecified atom stereocenters. The van der Waals surface area contributed by atoms with Crippen molar-refractivity contribution >= 4 is 11.3 Å². The normalized spacial score (nSPS) is 10.0. The summed E-state index contributed by atoms with van der Waals surface area (Å²) in [6.45, 7) is 0. The Morgan fingerprint density at radius 1 is 1.60 bits per heavy atom. The molecule has 2 aromatic heterocycles. The van der Waals surface area contributed by atoms with E-state index >= 15 is 0 Å². The van der Waals surface area contributed by atoms with E-state index in [4.69, 9.17) is 4.42 Å². The summed E-state index contributed by atoms with van der Waals surface area (Å²) in [5, 5.41) is 8.23. The van der Waals surface area contributed by atoms with Gasteiger partial charge in [0.25, 0.3) is 0 Å². The van der Waals surface area contributed by atoms with E-state index in [2.05, 4.69) is 15.7 Å². The van der Waals surface area contributed by atoms with Crippen LogP contribution in [-0.4, -0.2) is 10.2 Å². The van der Waals surface area contributed by atoms with Crippen molar-refractivity contribution in [2.24, 2.45) is 0 Å². The van der Waals surface area contributed by atoms with Crippen LogP contribution in [0.2, 0.25) is 0 Å². The van der Waals surface area contributed by atoms with Crippen molar-refractivity contribution < 1.29 is 4.42 Å². The Balaban J connectivity index is 2.48. The molecule has 0 N–H and O–H groups in total. The lowest BCUT2D eigenvalue weighted by molar-refractivity contribution is 0.568. The molecule has 0 saturated carbocycles. The lowest BCUT2D eigenvalue weighted by Gasteiger charge is -1.80. The van der Waals surface area contributed by atoms with Gasteiger partial charge < -0.3 is 4.42 Å². The van der Waals surface area contributed by atoms with Gasteiger partial charge in [-0.3, -0.25) is 0 Å². The van der Waals surface area contributed by atoms with Crippen molar-refractivity contribution in [3.63, 3.8) is 0 Å². The summed E-state index contributed by atoms with van der Waals surface area (Å²) < 4.78 is 4.86. The van der Waals surface area contributed by atoms with E-state index in [0.717, 1.165) is 10.6 Å². The van der Waals surface area contributed by atoms with Gasteiger partial charge in [0.1, 0.15) is 6.26 Å². The first kappa shape index (κ1) is 5.61. The van der Waals surface area contributed by atoms with E-state index < -0.39 is 0 Å². The first-order chi connectivity index (χ1) is 4.97. The molecule has 0 aliphatic heterocycles. The third kappa shape index (κ3) is 0.823. The van der Waals surface area contributed by atoms with Crippen LogP contribution in [0.3, 0.4) is 0 Å². The van der Waals surface area contributed by atoms with Crippen LogP contribution in [0.5, 0.6) is 0 Å². The molecule has 0 saturated heterocycles. The number of nitrogens with zero attached hydrogens (tertiary/aromatic N) is 2. The monoisotopic (exact) mass is 151 g/mol. The van der Waals surface area contributed by atoms with Gasteiger partial charge >= 0.3 is 0 Å². The van der Waals surface area contributed by atoms with Crippen LogP contribution in [0.25, 0.3) is 10.6 Å². The minimum absolute atomic E-state index is 0.841. The quantitative estimate of drug-likeness (QED) is 0.621. The topological polar surface area (TPSA) is 38.9 Å². The number of hydrogen-bond donors (Lipinski definition) is 0. The fourth-order valence-corrected chi connectivity index (χ4v) is 1.14. The second kappa shape index (κ2) is 2.22. The van der Waals surface area contributed by atoms with Gasteiger partial charge in [0.15, 0.2) is 10.5 Å². The minimum Gasteiger partial charge on any atom is -0.472 e. The molecule has 2 heterocycles. The predicted molar refractivity (Wildman–Crippen MR) is 36.4 cm³/mol. The van der Waals surface area contributed by atoms with Crippen molar-refractivity contribution in [2.45, 2.75) is 0 Å². The van der Waals surface area contributed by atoms with Crippen LogP contribution in [0.1, 0.15) is 0 Å². The fourth-order valence-electron chi connectivity index (χ4n) is 0.653. The zero-order valence-corrected chi connectivity index (χ0v) is 5.76. The van der Waals surface area contributed by atoms with Gasteiger partial charge in [0.05, 0.1) is 11.8 Å². The summed E-state index contributed by atoms with van der Waals surface area (Å²) in [5.74, 6) is 0. The summed E-state index contributed by atoms with van der Waals surface area (Å²) in [5.41, 5.74) is 3.61. The summed E-state index contributed by atoms with van der Waals surface area (Å²) in [7, 11) is 0. The smallest absolute Gasteiger partial charge is 0.178 e. The van der Waals surface area contributed by atoms with E-state index in [1.165, 1.54) is 11.3 Å². The number of aromatic nitrogens is 2. The molecule has 3 nitrogen and oxygen atoms in total. The predicted octanol–water partition coefficient (Wildman–Crippen LogP) is 1.60. The van der Waals surface area contributed by atoms with Crippen LogP contribution in [-0.2, 0) is 0 Å². The van der Waals surface area contributed by atoms with E-state index in [1.54, 1.807) is 12.5 Å². The van der Waals surface area contributed by atoms with Gasteiger partial charge in [0.2, 0.25) is 0 Å². The maximum atomic E-state index is 4.86. The minimum atomic E-state index is 0.841. The summed E-state index contributed by atoms with van der Waals surface area (Å²) in [6, 6.07) is 1.84. The second-order valence-electron chi connectivity index (χ2n) is 1.71. The maximum Gasteiger partial charge on any atom is 0.178 e. The van der Waals surface area contributed by atoms with Crippen molar-refractivity contribution in [2.75, 3.05) is 0 Å². The SMILES string of the molecule is [c]1nnc(-c2ccoc2)s1. The third-order valence-electron chi connectivity index (χ3n) is 1.09. The van der Waals surface area contributed by atoms with Gasteiger partial charge in [-0.2, -0.15) is 0 Å². The van der Waals surface area contributed by atoms with Crippen LogP contribution >= 0.6 is 11.3 Å². The number of rotatable bonds is 1.